The van der Waals surface area contributed by atoms with E-state index >= 15 is 0 Å². The minimum absolute atomic E-state index is 0.149. The molecule has 196 valence electrons. The first-order chi connectivity index (χ1) is 17.2. The summed E-state index contributed by atoms with van der Waals surface area (Å²) < 4.78 is 84.9. The minimum Gasteiger partial charge on any atom is -0.457 e. The van der Waals surface area contributed by atoms with Gasteiger partial charge in [-0.15, -0.1) is 0 Å². The lowest BCUT2D eigenvalue weighted by molar-refractivity contribution is -0.384. The number of halogens is 6. The summed E-state index contributed by atoms with van der Waals surface area (Å²) in [5, 5.41) is 17.3. The highest BCUT2D eigenvalue weighted by Crippen LogP contribution is 2.43. The second-order valence-electron chi connectivity index (χ2n) is 8.44. The summed E-state index contributed by atoms with van der Waals surface area (Å²) in [5.41, 5.74) is -2.57. The van der Waals surface area contributed by atoms with Gasteiger partial charge in [0.15, 0.2) is 5.69 Å². The van der Waals surface area contributed by atoms with Gasteiger partial charge in [-0.1, -0.05) is 6.07 Å². The number of rotatable bonds is 7. The molecule has 1 aliphatic carbocycles. The third kappa shape index (κ3) is 6.01. The Labute approximate surface area is 205 Å². The van der Waals surface area contributed by atoms with Crippen LogP contribution in [0.15, 0.2) is 48.5 Å². The number of hydrogen-bond acceptors (Lipinski definition) is 5. The first kappa shape index (κ1) is 26.0. The average molecular weight is 528 g/mol. The number of amides is 1. The van der Waals surface area contributed by atoms with Gasteiger partial charge in [-0.3, -0.25) is 19.6 Å². The van der Waals surface area contributed by atoms with Gasteiger partial charge in [-0.05, 0) is 44.0 Å². The molecule has 8 nitrogen and oxygen atoms in total. The summed E-state index contributed by atoms with van der Waals surface area (Å²) in [6.07, 6.45) is -8.05. The summed E-state index contributed by atoms with van der Waals surface area (Å²) in [6, 6.07) is 6.60. The number of carbonyl (C=O) groups excluding carboxylic acids is 1. The van der Waals surface area contributed by atoms with E-state index in [1.807, 2.05) is 0 Å². The van der Waals surface area contributed by atoms with E-state index in [0.717, 1.165) is 41.1 Å². The topological polar surface area (TPSA) is 99.3 Å². The Balaban J connectivity index is 1.59. The number of nitro groups is 1. The molecule has 1 aliphatic rings. The third-order valence-electron chi connectivity index (χ3n) is 5.56. The summed E-state index contributed by atoms with van der Waals surface area (Å²) in [7, 11) is 0. The Bertz CT molecular complexity index is 1350. The Morgan fingerprint density at radius 3 is 2.38 bits per heavy atom. The zero-order valence-corrected chi connectivity index (χ0v) is 18.9. The van der Waals surface area contributed by atoms with Gasteiger partial charge >= 0.3 is 12.4 Å². The van der Waals surface area contributed by atoms with Gasteiger partial charge in [0.05, 0.1) is 22.2 Å². The van der Waals surface area contributed by atoms with Gasteiger partial charge in [0.25, 0.3) is 5.69 Å². The summed E-state index contributed by atoms with van der Waals surface area (Å²) in [5.74, 6) is -1.48. The van der Waals surface area contributed by atoms with Crippen molar-refractivity contribution in [3.05, 3.63) is 75.6 Å². The fraction of sp³-hybridized carbons (Fsp3) is 0.304. The van der Waals surface area contributed by atoms with E-state index in [4.69, 9.17) is 4.74 Å². The van der Waals surface area contributed by atoms with Crippen molar-refractivity contribution < 1.29 is 40.8 Å². The molecule has 1 saturated carbocycles. The molecule has 0 spiro atoms. The van der Waals surface area contributed by atoms with Crippen LogP contribution >= 0.6 is 0 Å². The number of nitrogens with one attached hydrogen (secondary N) is 1. The van der Waals surface area contributed by atoms with Gasteiger partial charge in [0, 0.05) is 23.7 Å². The fourth-order valence-corrected chi connectivity index (χ4v) is 3.59. The van der Waals surface area contributed by atoms with Crippen molar-refractivity contribution in [1.82, 2.24) is 9.78 Å². The van der Waals surface area contributed by atoms with Crippen LogP contribution in [-0.4, -0.2) is 20.6 Å². The van der Waals surface area contributed by atoms with E-state index in [0.29, 0.717) is 18.9 Å². The number of alkyl halides is 6. The molecule has 2 aromatic carbocycles. The number of nitrogens with zero attached hydrogens (tertiary/aromatic N) is 3. The Hall–Kier alpha value is -4.10. The Morgan fingerprint density at radius 2 is 1.78 bits per heavy atom. The number of aromatic nitrogens is 2. The highest BCUT2D eigenvalue weighted by atomic mass is 19.4. The highest BCUT2D eigenvalue weighted by Gasteiger charge is 2.39. The van der Waals surface area contributed by atoms with Crippen molar-refractivity contribution in [1.29, 1.82) is 0 Å². The molecule has 14 heteroatoms. The van der Waals surface area contributed by atoms with E-state index in [9.17, 15) is 41.3 Å². The molecule has 1 fully saturated rings. The lowest BCUT2D eigenvalue weighted by atomic mass is 10.2. The van der Waals surface area contributed by atoms with Crippen LogP contribution in [0.3, 0.4) is 0 Å². The number of ether oxygens (including phenoxy) is 1. The van der Waals surface area contributed by atoms with Gasteiger partial charge in [0.2, 0.25) is 5.91 Å². The predicted octanol–water partition coefficient (Wildman–Crippen LogP) is 6.70. The fourth-order valence-electron chi connectivity index (χ4n) is 3.59. The minimum atomic E-state index is -4.71. The monoisotopic (exact) mass is 528 g/mol. The molecule has 1 unspecified atom stereocenters. The number of carbonyl (C=O) groups is 1. The van der Waals surface area contributed by atoms with Crippen LogP contribution < -0.4 is 10.1 Å². The van der Waals surface area contributed by atoms with Gasteiger partial charge < -0.3 is 10.1 Å². The molecule has 0 radical (unpaired) electrons. The molecule has 4 rings (SSSR count). The molecule has 1 aromatic heterocycles. The van der Waals surface area contributed by atoms with E-state index < -0.39 is 46.2 Å². The van der Waals surface area contributed by atoms with Crippen molar-refractivity contribution in [2.24, 2.45) is 0 Å². The molecule has 0 saturated heterocycles. The second kappa shape index (κ2) is 9.41. The number of non-ortho nitro benzene ring substituents is 1. The normalized spacial score (nSPS) is 14.8. The molecule has 3 aromatic rings. The average Bonchev–Trinajstić information content (AvgIpc) is 3.54. The van der Waals surface area contributed by atoms with Crippen molar-refractivity contribution in [2.45, 2.75) is 44.1 Å². The molecule has 1 amide bonds. The van der Waals surface area contributed by atoms with Crippen LogP contribution in [0.5, 0.6) is 11.5 Å². The number of hydrogen-bond donors (Lipinski definition) is 1. The smallest absolute Gasteiger partial charge is 0.435 e. The SMILES string of the molecule is CC(C(=O)Nc1cc(Oc2cccc(C(F)(F)F)c2)cc([N+](=O)[O-])c1)n1nc(C(F)(F)F)cc1C1CC1. The van der Waals surface area contributed by atoms with E-state index in [-0.39, 0.29) is 28.8 Å². The second-order valence-corrected chi connectivity index (χ2v) is 8.44. The zero-order valence-electron chi connectivity index (χ0n) is 18.9. The number of benzene rings is 2. The summed E-state index contributed by atoms with van der Waals surface area (Å²) in [4.78, 5) is 23.5. The Kier molecular flexibility index (Phi) is 6.60. The number of nitro benzene ring substituents is 1. The molecule has 0 bridgehead atoms. The van der Waals surface area contributed by atoms with Crippen LogP contribution in [0.1, 0.15) is 48.7 Å². The maximum atomic E-state index is 13.2. The lowest BCUT2D eigenvalue weighted by Crippen LogP contribution is -2.26. The highest BCUT2D eigenvalue weighted by molar-refractivity contribution is 5.94. The maximum absolute atomic E-state index is 13.2. The van der Waals surface area contributed by atoms with Crippen LogP contribution in [0.25, 0.3) is 0 Å². The summed E-state index contributed by atoms with van der Waals surface area (Å²) in [6.45, 7) is 1.33. The van der Waals surface area contributed by atoms with E-state index in [1.54, 1.807) is 0 Å². The standard InChI is InChI=1S/C23H18F6N4O4/c1-12(32-19(13-5-6-13)11-20(31-32)23(27,28)29)21(34)30-15-8-16(33(35)36)10-18(9-15)37-17-4-2-3-14(7-17)22(24,25)26/h2-4,7-13H,5-6H2,1H3,(H,30,34). The first-order valence-electron chi connectivity index (χ1n) is 10.8. The first-order valence-corrected chi connectivity index (χ1v) is 10.8. The van der Waals surface area contributed by atoms with E-state index in [2.05, 4.69) is 10.4 Å². The van der Waals surface area contributed by atoms with Gasteiger partial charge in [-0.25, -0.2) is 0 Å². The predicted molar refractivity (Wildman–Crippen MR) is 117 cm³/mol. The largest absolute Gasteiger partial charge is 0.457 e. The van der Waals surface area contributed by atoms with Crippen molar-refractivity contribution in [2.75, 3.05) is 5.32 Å². The van der Waals surface area contributed by atoms with Crippen LogP contribution in [0, 0.1) is 10.1 Å². The third-order valence-corrected chi connectivity index (χ3v) is 5.56. The lowest BCUT2D eigenvalue weighted by Gasteiger charge is -2.16. The van der Waals surface area contributed by atoms with Crippen molar-refractivity contribution in [3.8, 4) is 11.5 Å². The molecule has 37 heavy (non-hydrogen) atoms. The van der Waals surface area contributed by atoms with Crippen LogP contribution in [-0.2, 0) is 17.1 Å². The van der Waals surface area contributed by atoms with Crippen molar-refractivity contribution in [3.63, 3.8) is 0 Å². The molecule has 1 atom stereocenters. The molecule has 1 heterocycles. The molecular formula is C23H18F6N4O4. The van der Waals surface area contributed by atoms with Crippen LogP contribution in [0.2, 0.25) is 0 Å². The van der Waals surface area contributed by atoms with Crippen LogP contribution in [0.4, 0.5) is 37.7 Å². The zero-order chi connectivity index (χ0) is 27.1. The van der Waals surface area contributed by atoms with E-state index in [1.165, 1.54) is 13.0 Å². The Morgan fingerprint density at radius 1 is 1.08 bits per heavy atom. The van der Waals surface area contributed by atoms with Gasteiger partial charge in [-0.2, -0.15) is 31.4 Å². The molecule has 0 aliphatic heterocycles. The molecule has 1 N–H and O–H groups in total. The molecular weight excluding hydrogens is 510 g/mol. The number of anilines is 1. The van der Waals surface area contributed by atoms with Gasteiger partial charge in [0.1, 0.15) is 17.5 Å². The quantitative estimate of drug-likeness (QED) is 0.209. The maximum Gasteiger partial charge on any atom is 0.435 e. The van der Waals surface area contributed by atoms with Crippen molar-refractivity contribution >= 4 is 17.3 Å². The summed E-state index contributed by atoms with van der Waals surface area (Å²) >= 11 is 0.